The van der Waals surface area contributed by atoms with Gasteiger partial charge in [-0.3, -0.25) is 0 Å². The van der Waals surface area contributed by atoms with Crippen molar-refractivity contribution in [3.05, 3.63) is 11.9 Å². The standard InChI is InChI=1S/C23H45N3O8/c1-23(2,3)4-6-28-8-10-30-12-14-32-16-18-34-19-17-33-15-13-31-11-9-29-7-5-26-20-22(21-27)24-25-26/h20,27H,4-19,21H2,1-3H3. The Morgan fingerprint density at radius 3 is 1.38 bits per heavy atom. The van der Waals surface area contributed by atoms with E-state index in [2.05, 4.69) is 31.1 Å². The molecule has 1 aromatic rings. The van der Waals surface area contributed by atoms with Crippen LogP contribution in [0.4, 0.5) is 0 Å². The van der Waals surface area contributed by atoms with Gasteiger partial charge < -0.3 is 38.3 Å². The maximum absolute atomic E-state index is 8.92. The van der Waals surface area contributed by atoms with Gasteiger partial charge in [0.15, 0.2) is 0 Å². The van der Waals surface area contributed by atoms with Crippen molar-refractivity contribution in [3.8, 4) is 0 Å². The Kier molecular flexibility index (Phi) is 19.2. The van der Waals surface area contributed by atoms with Crippen LogP contribution in [-0.4, -0.2) is 113 Å². The molecule has 1 rings (SSSR count). The fourth-order valence-corrected chi connectivity index (χ4v) is 2.48. The molecule has 0 radical (unpaired) electrons. The summed E-state index contributed by atoms with van der Waals surface area (Å²) in [5.41, 5.74) is 0.856. The van der Waals surface area contributed by atoms with Crippen LogP contribution in [0.5, 0.6) is 0 Å². The number of aromatic nitrogens is 3. The first-order valence-corrected chi connectivity index (χ1v) is 12.1. The average molecular weight is 492 g/mol. The maximum Gasteiger partial charge on any atom is 0.108 e. The molecule has 0 saturated carbocycles. The lowest BCUT2D eigenvalue weighted by molar-refractivity contribution is -0.0213. The quantitative estimate of drug-likeness (QED) is 0.212. The average Bonchev–Trinajstić information content (AvgIpc) is 3.27. The highest BCUT2D eigenvalue weighted by Gasteiger charge is 2.08. The largest absolute Gasteiger partial charge is 0.390 e. The van der Waals surface area contributed by atoms with Crippen molar-refractivity contribution in [1.29, 1.82) is 0 Å². The van der Waals surface area contributed by atoms with Gasteiger partial charge in [-0.15, -0.1) is 5.10 Å². The second-order valence-corrected chi connectivity index (χ2v) is 8.73. The Hall–Kier alpha value is -1.18. The van der Waals surface area contributed by atoms with Crippen molar-refractivity contribution >= 4 is 0 Å². The second kappa shape index (κ2) is 21.1. The highest BCUT2D eigenvalue weighted by molar-refractivity contribution is 4.88. The number of ether oxygens (including phenoxy) is 7. The van der Waals surface area contributed by atoms with Gasteiger partial charge >= 0.3 is 0 Å². The number of nitrogens with zero attached hydrogens (tertiary/aromatic N) is 3. The van der Waals surface area contributed by atoms with Crippen LogP contribution in [0.1, 0.15) is 32.9 Å². The number of hydrogen-bond acceptors (Lipinski definition) is 10. The molecule has 0 atom stereocenters. The summed E-state index contributed by atoms with van der Waals surface area (Å²) in [7, 11) is 0. The summed E-state index contributed by atoms with van der Waals surface area (Å²) < 4.78 is 39.9. The molecule has 0 bridgehead atoms. The van der Waals surface area contributed by atoms with E-state index in [1.807, 2.05) is 0 Å². The number of rotatable bonds is 24. The van der Waals surface area contributed by atoms with Crippen molar-refractivity contribution in [1.82, 2.24) is 15.0 Å². The molecule has 11 nitrogen and oxygen atoms in total. The smallest absolute Gasteiger partial charge is 0.108 e. The molecule has 34 heavy (non-hydrogen) atoms. The molecule has 200 valence electrons. The van der Waals surface area contributed by atoms with E-state index in [-0.39, 0.29) is 6.61 Å². The van der Waals surface area contributed by atoms with Crippen LogP contribution in [0.2, 0.25) is 0 Å². The molecular formula is C23H45N3O8. The topological polar surface area (TPSA) is 116 Å². The van der Waals surface area contributed by atoms with Crippen molar-refractivity contribution in [3.63, 3.8) is 0 Å². The Morgan fingerprint density at radius 2 is 1.03 bits per heavy atom. The monoisotopic (exact) mass is 491 g/mol. The predicted octanol–water partition coefficient (Wildman–Crippen LogP) is 1.32. The summed E-state index contributed by atoms with van der Waals surface area (Å²) in [6, 6.07) is 0. The van der Waals surface area contributed by atoms with E-state index < -0.39 is 0 Å². The molecule has 1 heterocycles. The third-order valence-electron chi connectivity index (χ3n) is 4.44. The van der Waals surface area contributed by atoms with E-state index in [1.54, 1.807) is 10.9 Å². The summed E-state index contributed by atoms with van der Waals surface area (Å²) in [6.45, 7) is 14.8. The van der Waals surface area contributed by atoms with E-state index in [4.69, 9.17) is 38.3 Å². The van der Waals surface area contributed by atoms with Gasteiger partial charge in [0.2, 0.25) is 0 Å². The molecule has 0 fully saturated rings. The van der Waals surface area contributed by atoms with E-state index in [0.29, 0.717) is 104 Å². The van der Waals surface area contributed by atoms with Gasteiger partial charge in [0, 0.05) is 6.61 Å². The third kappa shape index (κ3) is 20.2. The highest BCUT2D eigenvalue weighted by atomic mass is 16.6. The minimum atomic E-state index is -0.109. The first-order valence-electron chi connectivity index (χ1n) is 12.1. The summed E-state index contributed by atoms with van der Waals surface area (Å²) in [5, 5.41) is 16.6. The SMILES string of the molecule is CC(C)(C)CCOCCOCCOCCOCCOCCOCCOCCn1cc(CO)nn1. The van der Waals surface area contributed by atoms with Gasteiger partial charge in [0.05, 0.1) is 105 Å². The molecule has 0 saturated heterocycles. The molecule has 11 heteroatoms. The summed E-state index contributed by atoms with van der Waals surface area (Å²) in [4.78, 5) is 0. The van der Waals surface area contributed by atoms with Crippen molar-refractivity contribution < 1.29 is 38.3 Å². The fourth-order valence-electron chi connectivity index (χ4n) is 2.48. The van der Waals surface area contributed by atoms with Crippen LogP contribution < -0.4 is 0 Å². The number of aliphatic hydroxyl groups is 1. The molecule has 0 aromatic carbocycles. The Bertz CT molecular complexity index is 569. The Labute approximate surface area is 203 Å². The third-order valence-corrected chi connectivity index (χ3v) is 4.44. The zero-order valence-corrected chi connectivity index (χ0v) is 21.2. The normalized spacial score (nSPS) is 12.0. The molecular weight excluding hydrogens is 446 g/mol. The lowest BCUT2D eigenvalue weighted by atomic mass is 9.93. The molecule has 0 aliphatic carbocycles. The van der Waals surface area contributed by atoms with E-state index in [9.17, 15) is 0 Å². The fraction of sp³-hybridized carbons (Fsp3) is 0.913. The minimum Gasteiger partial charge on any atom is -0.390 e. The first-order chi connectivity index (χ1) is 16.5. The van der Waals surface area contributed by atoms with Crippen LogP contribution in [0.25, 0.3) is 0 Å². The van der Waals surface area contributed by atoms with Crippen LogP contribution in [0, 0.1) is 5.41 Å². The summed E-state index contributed by atoms with van der Waals surface area (Å²) in [6.07, 6.45) is 2.74. The molecule has 0 aliphatic rings. The van der Waals surface area contributed by atoms with Gasteiger partial charge in [-0.05, 0) is 11.8 Å². The van der Waals surface area contributed by atoms with Gasteiger partial charge in [0.25, 0.3) is 0 Å². The Morgan fingerprint density at radius 1 is 0.647 bits per heavy atom. The lowest BCUT2D eigenvalue weighted by Crippen LogP contribution is -2.15. The molecule has 0 aliphatic heterocycles. The molecule has 0 spiro atoms. The van der Waals surface area contributed by atoms with E-state index in [0.717, 1.165) is 13.0 Å². The van der Waals surface area contributed by atoms with Gasteiger partial charge in [-0.2, -0.15) is 0 Å². The zero-order valence-electron chi connectivity index (χ0n) is 21.2. The first kappa shape index (κ1) is 30.9. The highest BCUT2D eigenvalue weighted by Crippen LogP contribution is 2.17. The van der Waals surface area contributed by atoms with Crippen LogP contribution >= 0.6 is 0 Å². The molecule has 0 unspecified atom stereocenters. The van der Waals surface area contributed by atoms with Gasteiger partial charge in [-0.1, -0.05) is 26.0 Å². The van der Waals surface area contributed by atoms with E-state index in [1.165, 1.54) is 0 Å². The van der Waals surface area contributed by atoms with Crippen LogP contribution in [0.3, 0.4) is 0 Å². The van der Waals surface area contributed by atoms with E-state index >= 15 is 0 Å². The van der Waals surface area contributed by atoms with Gasteiger partial charge in [-0.25, -0.2) is 4.68 Å². The van der Waals surface area contributed by atoms with Crippen molar-refractivity contribution in [2.24, 2.45) is 5.41 Å². The minimum absolute atomic E-state index is 0.109. The Balaban J connectivity index is 1.67. The maximum atomic E-state index is 8.92. The van der Waals surface area contributed by atoms with Crippen molar-refractivity contribution in [2.75, 3.05) is 92.5 Å². The van der Waals surface area contributed by atoms with Gasteiger partial charge in [0.1, 0.15) is 5.69 Å². The summed E-state index contributed by atoms with van der Waals surface area (Å²) >= 11 is 0. The zero-order chi connectivity index (χ0) is 24.7. The van der Waals surface area contributed by atoms with Crippen LogP contribution in [-0.2, 0) is 46.3 Å². The number of aliphatic hydroxyl groups excluding tert-OH is 1. The number of hydrogen-bond donors (Lipinski definition) is 1. The molecule has 0 amide bonds. The lowest BCUT2D eigenvalue weighted by Gasteiger charge is -2.17. The predicted molar refractivity (Wildman–Crippen MR) is 126 cm³/mol. The molecule has 1 N–H and O–H groups in total. The van der Waals surface area contributed by atoms with Crippen molar-refractivity contribution in [2.45, 2.75) is 40.3 Å². The summed E-state index contributed by atoms with van der Waals surface area (Å²) in [5.74, 6) is 0. The molecule has 1 aromatic heterocycles. The second-order valence-electron chi connectivity index (χ2n) is 8.73. The van der Waals surface area contributed by atoms with Crippen LogP contribution in [0.15, 0.2) is 6.20 Å².